The van der Waals surface area contributed by atoms with Crippen molar-refractivity contribution < 1.29 is 14.3 Å². The molecule has 1 aromatic heterocycles. The fourth-order valence-electron chi connectivity index (χ4n) is 2.85. The van der Waals surface area contributed by atoms with Gasteiger partial charge < -0.3 is 14.8 Å². The largest absolute Gasteiger partial charge is 0.497 e. The van der Waals surface area contributed by atoms with E-state index in [9.17, 15) is 4.79 Å². The molecule has 6 heteroatoms. The average molecular weight is 315 g/mol. The molecule has 3 rings (SSSR count). The number of aromatic nitrogens is 2. The molecule has 1 aliphatic rings. The lowest BCUT2D eigenvalue weighted by Crippen LogP contribution is -2.43. The lowest BCUT2D eigenvalue weighted by molar-refractivity contribution is -0.121. The summed E-state index contributed by atoms with van der Waals surface area (Å²) in [6.45, 7) is 4.30. The summed E-state index contributed by atoms with van der Waals surface area (Å²) < 4.78 is 10.9. The molecular weight excluding hydrogens is 294 g/mol. The molecule has 0 spiro atoms. The zero-order valence-corrected chi connectivity index (χ0v) is 13.6. The molecule has 0 saturated carbocycles. The van der Waals surface area contributed by atoms with Gasteiger partial charge in [0, 0.05) is 17.3 Å². The lowest BCUT2D eigenvalue weighted by Gasteiger charge is -2.26. The molecule has 6 nitrogen and oxygen atoms in total. The number of carbonyl (C=O) groups excluding carboxylic acids is 1. The summed E-state index contributed by atoms with van der Waals surface area (Å²) >= 11 is 0. The number of nitrogens with one attached hydrogen (secondary N) is 2. The van der Waals surface area contributed by atoms with Crippen LogP contribution in [0.4, 0.5) is 0 Å². The third kappa shape index (κ3) is 3.31. The van der Waals surface area contributed by atoms with Gasteiger partial charge in [0.1, 0.15) is 18.1 Å². The van der Waals surface area contributed by atoms with Crippen LogP contribution in [-0.2, 0) is 17.6 Å². The highest BCUT2D eigenvalue weighted by Gasteiger charge is 2.22. The van der Waals surface area contributed by atoms with Gasteiger partial charge in [-0.1, -0.05) is 6.07 Å². The summed E-state index contributed by atoms with van der Waals surface area (Å²) in [6, 6.07) is 5.75. The van der Waals surface area contributed by atoms with Crippen molar-refractivity contribution >= 4 is 5.91 Å². The Morgan fingerprint density at radius 2 is 2.30 bits per heavy atom. The number of rotatable bonds is 4. The molecule has 0 unspecified atom stereocenters. The number of fused-ring (bicyclic) bond motifs is 1. The summed E-state index contributed by atoms with van der Waals surface area (Å²) in [6.07, 6.45) is 1.09. The number of nitrogens with zero attached hydrogens (tertiary/aromatic N) is 1. The van der Waals surface area contributed by atoms with Crippen LogP contribution in [0.15, 0.2) is 18.2 Å². The van der Waals surface area contributed by atoms with Crippen molar-refractivity contribution in [1.29, 1.82) is 0 Å². The average Bonchev–Trinajstić information content (AvgIpc) is 2.86. The van der Waals surface area contributed by atoms with Gasteiger partial charge in [-0.15, -0.1) is 0 Å². The normalized spacial score (nSPS) is 16.4. The molecule has 0 fully saturated rings. The van der Waals surface area contributed by atoms with E-state index in [-0.39, 0.29) is 11.9 Å². The van der Waals surface area contributed by atoms with Gasteiger partial charge in [-0.25, -0.2) is 0 Å². The quantitative estimate of drug-likeness (QED) is 0.900. The molecule has 1 amide bonds. The van der Waals surface area contributed by atoms with Crippen LogP contribution < -0.4 is 14.8 Å². The predicted octanol–water partition coefficient (Wildman–Crippen LogP) is 1.70. The molecule has 0 radical (unpaired) electrons. The second kappa shape index (κ2) is 6.32. The first kappa shape index (κ1) is 15.4. The van der Waals surface area contributed by atoms with E-state index in [0.29, 0.717) is 13.0 Å². The number of carbonyl (C=O) groups is 1. The second-order valence-corrected chi connectivity index (χ2v) is 5.84. The molecule has 2 heterocycles. The zero-order chi connectivity index (χ0) is 16.4. The van der Waals surface area contributed by atoms with Crippen LogP contribution in [0.3, 0.4) is 0 Å². The molecule has 122 valence electrons. The first-order chi connectivity index (χ1) is 11.1. The number of H-pyrrole nitrogens is 1. The summed E-state index contributed by atoms with van der Waals surface area (Å²) in [4.78, 5) is 12.3. The Bertz CT molecular complexity index is 704. The minimum atomic E-state index is -0.0177. The Kier molecular flexibility index (Phi) is 4.23. The topological polar surface area (TPSA) is 76.2 Å². The van der Waals surface area contributed by atoms with Crippen LogP contribution >= 0.6 is 0 Å². The molecule has 1 aromatic carbocycles. The van der Waals surface area contributed by atoms with Crippen molar-refractivity contribution in [2.75, 3.05) is 13.7 Å². The van der Waals surface area contributed by atoms with Gasteiger partial charge in [0.15, 0.2) is 0 Å². The number of amides is 1. The number of aryl methyl sites for hydroxylation is 2. The third-order valence-corrected chi connectivity index (χ3v) is 4.16. The minimum absolute atomic E-state index is 0.0110. The van der Waals surface area contributed by atoms with E-state index in [0.717, 1.165) is 40.4 Å². The Balaban J connectivity index is 1.62. The number of aromatic amines is 1. The maximum atomic E-state index is 12.3. The highest BCUT2D eigenvalue weighted by Crippen LogP contribution is 2.29. The predicted molar refractivity (Wildman–Crippen MR) is 85.9 cm³/mol. The van der Waals surface area contributed by atoms with Crippen molar-refractivity contribution in [2.45, 2.75) is 32.7 Å². The number of hydrogen-bond donors (Lipinski definition) is 2. The van der Waals surface area contributed by atoms with Crippen LogP contribution in [0.5, 0.6) is 11.5 Å². The van der Waals surface area contributed by atoms with E-state index in [1.807, 2.05) is 32.0 Å². The first-order valence-corrected chi connectivity index (χ1v) is 7.66. The maximum absolute atomic E-state index is 12.3. The van der Waals surface area contributed by atoms with Gasteiger partial charge in [-0.05, 0) is 31.9 Å². The van der Waals surface area contributed by atoms with Crippen molar-refractivity contribution in [3.8, 4) is 11.5 Å². The van der Waals surface area contributed by atoms with Crippen molar-refractivity contribution in [3.63, 3.8) is 0 Å². The SMILES string of the molecule is COc1ccc2c(c1)OC[C@H](NC(=O)Cc1c(C)n[nH]c1C)C2. The minimum Gasteiger partial charge on any atom is -0.497 e. The van der Waals surface area contributed by atoms with Crippen LogP contribution in [0.1, 0.15) is 22.5 Å². The Hall–Kier alpha value is -2.50. The van der Waals surface area contributed by atoms with Crippen molar-refractivity contribution in [3.05, 3.63) is 40.7 Å². The van der Waals surface area contributed by atoms with Gasteiger partial charge in [-0.3, -0.25) is 9.89 Å². The maximum Gasteiger partial charge on any atom is 0.224 e. The fraction of sp³-hybridized carbons (Fsp3) is 0.412. The Morgan fingerprint density at radius 3 is 3.00 bits per heavy atom. The molecule has 2 N–H and O–H groups in total. The molecule has 1 atom stereocenters. The highest BCUT2D eigenvalue weighted by atomic mass is 16.5. The van der Waals surface area contributed by atoms with E-state index in [4.69, 9.17) is 9.47 Å². The molecular formula is C17H21N3O3. The van der Waals surface area contributed by atoms with Gasteiger partial charge in [0.2, 0.25) is 5.91 Å². The molecule has 2 aromatic rings. The number of methoxy groups -OCH3 is 1. The number of benzene rings is 1. The van der Waals surface area contributed by atoms with Crippen molar-refractivity contribution in [2.24, 2.45) is 0 Å². The van der Waals surface area contributed by atoms with Crippen LogP contribution in [0, 0.1) is 13.8 Å². The molecule has 0 aliphatic carbocycles. The Morgan fingerprint density at radius 1 is 1.48 bits per heavy atom. The first-order valence-electron chi connectivity index (χ1n) is 7.66. The summed E-state index contributed by atoms with van der Waals surface area (Å²) in [5.41, 5.74) is 3.85. The molecule has 0 saturated heterocycles. The lowest BCUT2D eigenvalue weighted by atomic mass is 10.0. The molecule has 1 aliphatic heterocycles. The van der Waals surface area contributed by atoms with Crippen LogP contribution in [-0.4, -0.2) is 35.9 Å². The van der Waals surface area contributed by atoms with E-state index < -0.39 is 0 Å². The summed E-state index contributed by atoms with van der Waals surface area (Å²) in [5, 5.41) is 10.1. The van der Waals surface area contributed by atoms with Crippen LogP contribution in [0.25, 0.3) is 0 Å². The van der Waals surface area contributed by atoms with Gasteiger partial charge in [0.05, 0.1) is 25.3 Å². The van der Waals surface area contributed by atoms with E-state index in [2.05, 4.69) is 15.5 Å². The second-order valence-electron chi connectivity index (χ2n) is 5.84. The summed E-state index contributed by atoms with van der Waals surface area (Å²) in [7, 11) is 1.63. The van der Waals surface area contributed by atoms with Gasteiger partial charge in [-0.2, -0.15) is 5.10 Å². The smallest absolute Gasteiger partial charge is 0.224 e. The zero-order valence-electron chi connectivity index (χ0n) is 13.6. The third-order valence-electron chi connectivity index (χ3n) is 4.16. The number of ether oxygens (including phenoxy) is 2. The standard InChI is InChI=1S/C17H21N3O3/c1-10-15(11(2)20-19-10)8-17(21)18-13-6-12-4-5-14(22-3)7-16(12)23-9-13/h4-5,7,13H,6,8-9H2,1-3H3,(H,18,21)(H,19,20)/t13-/m1/s1. The van der Waals surface area contributed by atoms with E-state index >= 15 is 0 Å². The van der Waals surface area contributed by atoms with E-state index in [1.54, 1.807) is 7.11 Å². The highest BCUT2D eigenvalue weighted by molar-refractivity contribution is 5.79. The van der Waals surface area contributed by atoms with Crippen LogP contribution in [0.2, 0.25) is 0 Å². The van der Waals surface area contributed by atoms with Gasteiger partial charge in [0.25, 0.3) is 0 Å². The Labute approximate surface area is 135 Å². The van der Waals surface area contributed by atoms with E-state index in [1.165, 1.54) is 0 Å². The molecule has 23 heavy (non-hydrogen) atoms. The number of hydrogen-bond acceptors (Lipinski definition) is 4. The van der Waals surface area contributed by atoms with Gasteiger partial charge >= 0.3 is 0 Å². The monoisotopic (exact) mass is 315 g/mol. The molecule has 0 bridgehead atoms. The van der Waals surface area contributed by atoms with Crippen molar-refractivity contribution in [1.82, 2.24) is 15.5 Å². The fourth-order valence-corrected chi connectivity index (χ4v) is 2.85. The summed E-state index contributed by atoms with van der Waals surface area (Å²) in [5.74, 6) is 1.59.